The second kappa shape index (κ2) is 5.55. The molecular weight excluding hydrogens is 238 g/mol. The van der Waals surface area contributed by atoms with Gasteiger partial charge in [-0.05, 0) is 37.7 Å². The van der Waals surface area contributed by atoms with Gasteiger partial charge in [0.2, 0.25) is 0 Å². The fourth-order valence-corrected chi connectivity index (χ4v) is 2.86. The predicted molar refractivity (Wildman–Crippen MR) is 77.4 cm³/mol. The minimum Gasteiger partial charge on any atom is -0.370 e. The average molecular weight is 261 g/mol. The van der Waals surface area contributed by atoms with E-state index in [0.717, 1.165) is 24.2 Å². The molecule has 1 aromatic rings. The zero-order chi connectivity index (χ0) is 14.0. The van der Waals surface area contributed by atoms with Crippen LogP contribution in [0.1, 0.15) is 56.0 Å². The minimum absolute atomic E-state index is 0.00949. The topological polar surface area (TPSA) is 90.2 Å². The van der Waals surface area contributed by atoms with E-state index >= 15 is 0 Å². The lowest BCUT2D eigenvalue weighted by Gasteiger charge is -2.29. The molecule has 0 saturated carbocycles. The Labute approximate surface area is 114 Å². The maximum atomic E-state index is 5.42. The fraction of sp³-hybridized carbons (Fsp3) is 0.643. The van der Waals surface area contributed by atoms with Crippen LogP contribution in [0.15, 0.2) is 4.99 Å². The number of guanidine groups is 1. The summed E-state index contributed by atoms with van der Waals surface area (Å²) in [5.74, 6) is 1.53. The van der Waals surface area contributed by atoms with E-state index < -0.39 is 0 Å². The Morgan fingerprint density at radius 3 is 2.79 bits per heavy atom. The number of nitrogens with zero attached hydrogens (tertiary/aromatic N) is 3. The second-order valence-corrected chi connectivity index (χ2v) is 5.39. The molecule has 2 unspecified atom stereocenters. The van der Waals surface area contributed by atoms with E-state index in [2.05, 4.69) is 28.8 Å². The first kappa shape index (κ1) is 13.8. The normalized spacial score (nSPS) is 19.6. The van der Waals surface area contributed by atoms with Crippen molar-refractivity contribution in [1.82, 2.24) is 9.97 Å². The van der Waals surface area contributed by atoms with E-state index in [9.17, 15) is 0 Å². The molecule has 1 heterocycles. The molecule has 1 aromatic heterocycles. The van der Waals surface area contributed by atoms with Gasteiger partial charge in [0.05, 0.1) is 5.69 Å². The van der Waals surface area contributed by atoms with Gasteiger partial charge in [0.15, 0.2) is 5.96 Å². The van der Waals surface area contributed by atoms with Gasteiger partial charge in [0, 0.05) is 11.6 Å². The van der Waals surface area contributed by atoms with Crippen molar-refractivity contribution in [2.45, 2.75) is 52.4 Å². The van der Waals surface area contributed by atoms with Crippen LogP contribution in [-0.4, -0.2) is 15.9 Å². The van der Waals surface area contributed by atoms with Crippen molar-refractivity contribution in [2.24, 2.45) is 22.4 Å². The molecule has 5 nitrogen and oxygen atoms in total. The maximum absolute atomic E-state index is 5.42. The zero-order valence-electron chi connectivity index (χ0n) is 12.0. The molecule has 0 fully saturated rings. The Hall–Kier alpha value is -1.65. The van der Waals surface area contributed by atoms with E-state index in [0.29, 0.717) is 17.8 Å². The fourth-order valence-electron chi connectivity index (χ4n) is 2.86. The van der Waals surface area contributed by atoms with Gasteiger partial charge in [-0.1, -0.05) is 20.3 Å². The van der Waals surface area contributed by atoms with Crippen LogP contribution in [0.3, 0.4) is 0 Å². The van der Waals surface area contributed by atoms with Gasteiger partial charge in [-0.3, -0.25) is 0 Å². The summed E-state index contributed by atoms with van der Waals surface area (Å²) < 4.78 is 0. The van der Waals surface area contributed by atoms with Gasteiger partial charge >= 0.3 is 0 Å². The lowest BCUT2D eigenvalue weighted by atomic mass is 9.78. The van der Waals surface area contributed by atoms with Crippen LogP contribution in [-0.2, 0) is 6.42 Å². The van der Waals surface area contributed by atoms with E-state index in [-0.39, 0.29) is 5.96 Å². The van der Waals surface area contributed by atoms with Crippen LogP contribution in [0.4, 0.5) is 5.95 Å². The van der Waals surface area contributed by atoms with Crippen LogP contribution in [0.25, 0.3) is 0 Å². The van der Waals surface area contributed by atoms with Crippen molar-refractivity contribution in [2.75, 3.05) is 0 Å². The molecule has 0 aliphatic heterocycles. The van der Waals surface area contributed by atoms with Gasteiger partial charge in [-0.25, -0.2) is 9.97 Å². The molecule has 0 amide bonds. The predicted octanol–water partition coefficient (Wildman–Crippen LogP) is 2.16. The lowest BCUT2D eigenvalue weighted by Crippen LogP contribution is -2.23. The van der Waals surface area contributed by atoms with Crippen molar-refractivity contribution >= 4 is 11.9 Å². The van der Waals surface area contributed by atoms with Crippen LogP contribution in [0, 0.1) is 12.8 Å². The molecule has 0 saturated heterocycles. The first-order chi connectivity index (χ1) is 9.02. The summed E-state index contributed by atoms with van der Waals surface area (Å²) in [6, 6.07) is 0. The van der Waals surface area contributed by atoms with E-state index in [4.69, 9.17) is 11.5 Å². The van der Waals surface area contributed by atoms with E-state index in [1.54, 1.807) is 0 Å². The third-order valence-electron chi connectivity index (χ3n) is 4.09. The van der Waals surface area contributed by atoms with Gasteiger partial charge in [0.25, 0.3) is 5.95 Å². The molecule has 2 atom stereocenters. The number of rotatable bonds is 3. The summed E-state index contributed by atoms with van der Waals surface area (Å²) >= 11 is 0. The molecular formula is C14H23N5. The summed E-state index contributed by atoms with van der Waals surface area (Å²) in [7, 11) is 0. The first-order valence-electron chi connectivity index (χ1n) is 7.00. The summed E-state index contributed by atoms with van der Waals surface area (Å²) in [6.45, 7) is 6.53. The first-order valence-corrected chi connectivity index (χ1v) is 7.00. The average Bonchev–Trinajstić information content (AvgIpc) is 2.36. The third kappa shape index (κ3) is 2.85. The highest BCUT2D eigenvalue weighted by Gasteiger charge is 2.27. The summed E-state index contributed by atoms with van der Waals surface area (Å²) in [5.41, 5.74) is 14.3. The third-order valence-corrected chi connectivity index (χ3v) is 4.09. The second-order valence-electron chi connectivity index (χ2n) is 5.39. The van der Waals surface area contributed by atoms with Gasteiger partial charge in [-0.15, -0.1) is 0 Å². The number of nitrogens with two attached hydrogens (primary N) is 2. The monoisotopic (exact) mass is 261 g/mol. The Kier molecular flexibility index (Phi) is 4.02. The smallest absolute Gasteiger partial charge is 0.253 e. The van der Waals surface area contributed by atoms with Crippen molar-refractivity contribution in [3.63, 3.8) is 0 Å². The molecule has 2 rings (SSSR count). The van der Waals surface area contributed by atoms with Crippen LogP contribution in [0.2, 0.25) is 0 Å². The highest BCUT2D eigenvalue weighted by atomic mass is 15.1. The van der Waals surface area contributed by atoms with Crippen LogP contribution < -0.4 is 11.5 Å². The SMILES string of the molecule is CCC(C)C1CCCc2c(C)nc(N=C(N)N)nc21. The molecule has 0 bridgehead atoms. The van der Waals surface area contributed by atoms with Crippen LogP contribution in [0.5, 0.6) is 0 Å². The summed E-state index contributed by atoms with van der Waals surface area (Å²) in [4.78, 5) is 13.0. The zero-order valence-corrected chi connectivity index (χ0v) is 12.0. The van der Waals surface area contributed by atoms with Gasteiger partial charge in [0.1, 0.15) is 0 Å². The van der Waals surface area contributed by atoms with Crippen LogP contribution >= 0.6 is 0 Å². The van der Waals surface area contributed by atoms with Crippen molar-refractivity contribution in [3.05, 3.63) is 17.0 Å². The number of aromatic nitrogens is 2. The molecule has 5 heteroatoms. The molecule has 0 aromatic carbocycles. The van der Waals surface area contributed by atoms with Crippen molar-refractivity contribution in [1.29, 1.82) is 0 Å². The standard InChI is InChI=1S/C14H23N5/c1-4-8(2)10-6-5-7-11-9(3)17-14(18-12(10)11)19-13(15)16/h8,10H,4-7H2,1-3H3,(H4,15,16,17,18,19). The Morgan fingerprint density at radius 2 is 2.16 bits per heavy atom. The van der Waals surface area contributed by atoms with Gasteiger partial charge < -0.3 is 11.5 Å². The molecule has 1 aliphatic rings. The molecule has 19 heavy (non-hydrogen) atoms. The maximum Gasteiger partial charge on any atom is 0.253 e. The van der Waals surface area contributed by atoms with Crippen molar-refractivity contribution < 1.29 is 0 Å². The van der Waals surface area contributed by atoms with E-state index in [1.807, 2.05) is 6.92 Å². The molecule has 104 valence electrons. The highest BCUT2D eigenvalue weighted by Crippen LogP contribution is 2.38. The summed E-state index contributed by atoms with van der Waals surface area (Å²) in [5, 5.41) is 0. The van der Waals surface area contributed by atoms with E-state index in [1.165, 1.54) is 18.4 Å². The highest BCUT2D eigenvalue weighted by molar-refractivity contribution is 5.77. The molecule has 0 radical (unpaired) electrons. The number of hydrogen-bond donors (Lipinski definition) is 2. The molecule has 4 N–H and O–H groups in total. The summed E-state index contributed by atoms with van der Waals surface area (Å²) in [6.07, 6.45) is 4.63. The Morgan fingerprint density at radius 1 is 1.42 bits per heavy atom. The molecule has 0 spiro atoms. The minimum atomic E-state index is 0.00949. The number of fused-ring (bicyclic) bond motifs is 1. The Balaban J connectivity index is 2.48. The Bertz CT molecular complexity index is 491. The van der Waals surface area contributed by atoms with Crippen molar-refractivity contribution in [3.8, 4) is 0 Å². The quantitative estimate of drug-likeness (QED) is 0.644. The number of aryl methyl sites for hydroxylation is 1. The van der Waals surface area contributed by atoms with Gasteiger partial charge in [-0.2, -0.15) is 4.99 Å². The lowest BCUT2D eigenvalue weighted by molar-refractivity contribution is 0.386. The number of aliphatic imine (C=N–C) groups is 1. The largest absolute Gasteiger partial charge is 0.370 e. The molecule has 1 aliphatic carbocycles. The number of hydrogen-bond acceptors (Lipinski definition) is 3.